The fraction of sp³-hybridized carbons (Fsp3) is 0. The summed E-state index contributed by atoms with van der Waals surface area (Å²) in [7, 11) is 0. The number of amides is 1. The van der Waals surface area contributed by atoms with Crippen LogP contribution in [0.4, 0.5) is 5.13 Å². The van der Waals surface area contributed by atoms with Gasteiger partial charge in [-0.15, -0.1) is 11.3 Å². The van der Waals surface area contributed by atoms with Gasteiger partial charge in [0.15, 0.2) is 5.13 Å². The summed E-state index contributed by atoms with van der Waals surface area (Å²) in [4.78, 5) is 20.1. The van der Waals surface area contributed by atoms with Crippen molar-refractivity contribution in [3.05, 3.63) is 69.2 Å². The Bertz CT molecular complexity index is 1020. The van der Waals surface area contributed by atoms with Gasteiger partial charge in [0.2, 0.25) is 0 Å². The predicted molar refractivity (Wildman–Crippen MR) is 107 cm³/mol. The predicted octanol–water partition coefficient (Wildman–Crippen LogP) is 5.15. The average molecular weight is 445 g/mol. The molecule has 118 valence electrons. The average Bonchev–Trinajstić information content (AvgIpc) is 3.22. The third-order valence-electron chi connectivity index (χ3n) is 3.70. The number of hydrogen-bond acceptors (Lipinski definition) is 3. The first-order valence-corrected chi connectivity index (χ1v) is 9.25. The molecular weight excluding hydrogens is 433 g/mol. The Morgan fingerprint density at radius 3 is 2.75 bits per heavy atom. The van der Waals surface area contributed by atoms with E-state index >= 15 is 0 Å². The molecule has 24 heavy (non-hydrogen) atoms. The number of nitrogens with zero attached hydrogens (tertiary/aromatic N) is 1. The standard InChI is InChI=1S/C18H12IN3OS/c19-12-7-5-11(6-8-12)16-10-24-18(21-16)22-17(23)14-9-20-15-4-2-1-3-13(14)15/h1-10,20H,(H,21,22,23). The van der Waals surface area contributed by atoms with E-state index in [0.29, 0.717) is 10.7 Å². The summed E-state index contributed by atoms with van der Waals surface area (Å²) in [6.45, 7) is 0. The number of para-hydroxylation sites is 1. The number of H-pyrrole nitrogens is 1. The first-order chi connectivity index (χ1) is 11.7. The minimum absolute atomic E-state index is 0.157. The molecule has 2 N–H and O–H groups in total. The highest BCUT2D eigenvalue weighted by Crippen LogP contribution is 2.26. The Balaban J connectivity index is 1.57. The number of nitrogens with one attached hydrogen (secondary N) is 2. The lowest BCUT2D eigenvalue weighted by Crippen LogP contribution is -2.11. The molecular formula is C18H12IN3OS. The highest BCUT2D eigenvalue weighted by atomic mass is 127. The van der Waals surface area contributed by atoms with E-state index in [1.165, 1.54) is 14.9 Å². The van der Waals surface area contributed by atoms with Gasteiger partial charge in [-0.1, -0.05) is 30.3 Å². The lowest BCUT2D eigenvalue weighted by atomic mass is 10.1. The summed E-state index contributed by atoms with van der Waals surface area (Å²) in [5, 5.41) is 6.34. The molecule has 0 aliphatic carbocycles. The van der Waals surface area contributed by atoms with Crippen molar-refractivity contribution in [2.24, 2.45) is 0 Å². The second kappa shape index (κ2) is 6.37. The van der Waals surface area contributed by atoms with E-state index in [1.807, 2.05) is 53.9 Å². The summed E-state index contributed by atoms with van der Waals surface area (Å²) in [6, 6.07) is 15.9. The van der Waals surface area contributed by atoms with E-state index in [1.54, 1.807) is 6.20 Å². The molecule has 4 nitrogen and oxygen atoms in total. The normalized spacial score (nSPS) is 10.9. The van der Waals surface area contributed by atoms with Crippen molar-refractivity contribution in [1.29, 1.82) is 0 Å². The number of thiazole rings is 1. The Hall–Kier alpha value is -2.19. The molecule has 4 rings (SSSR count). The molecule has 0 unspecified atom stereocenters. The van der Waals surface area contributed by atoms with Gasteiger partial charge in [0, 0.05) is 31.6 Å². The van der Waals surface area contributed by atoms with Crippen molar-refractivity contribution in [2.75, 3.05) is 5.32 Å². The van der Waals surface area contributed by atoms with Gasteiger partial charge in [-0.2, -0.15) is 0 Å². The third kappa shape index (κ3) is 2.94. The highest BCUT2D eigenvalue weighted by molar-refractivity contribution is 14.1. The topological polar surface area (TPSA) is 57.8 Å². The molecule has 0 saturated carbocycles. The molecule has 6 heteroatoms. The molecule has 0 saturated heterocycles. The Morgan fingerprint density at radius 2 is 1.92 bits per heavy atom. The molecule has 0 bridgehead atoms. The number of benzene rings is 2. The first kappa shape index (κ1) is 15.3. The lowest BCUT2D eigenvalue weighted by Gasteiger charge is -2.00. The number of anilines is 1. The van der Waals surface area contributed by atoms with E-state index in [2.05, 4.69) is 37.9 Å². The van der Waals surface area contributed by atoms with Crippen LogP contribution in [0, 0.1) is 3.57 Å². The van der Waals surface area contributed by atoms with Crippen LogP contribution in [0.15, 0.2) is 60.1 Å². The third-order valence-corrected chi connectivity index (χ3v) is 5.18. The zero-order chi connectivity index (χ0) is 16.5. The number of fused-ring (bicyclic) bond motifs is 1. The molecule has 0 spiro atoms. The van der Waals surface area contributed by atoms with E-state index in [-0.39, 0.29) is 5.91 Å². The van der Waals surface area contributed by atoms with Crippen molar-refractivity contribution < 1.29 is 4.79 Å². The Labute approximate surface area is 156 Å². The van der Waals surface area contributed by atoms with Crippen LogP contribution in [0.5, 0.6) is 0 Å². The van der Waals surface area contributed by atoms with Crippen molar-refractivity contribution >= 4 is 55.9 Å². The van der Waals surface area contributed by atoms with Crippen LogP contribution in [-0.2, 0) is 0 Å². The molecule has 0 atom stereocenters. The van der Waals surface area contributed by atoms with Gasteiger partial charge in [0.1, 0.15) is 0 Å². The molecule has 0 aliphatic heterocycles. The van der Waals surface area contributed by atoms with Crippen LogP contribution in [0.25, 0.3) is 22.2 Å². The van der Waals surface area contributed by atoms with E-state index in [9.17, 15) is 4.79 Å². The maximum atomic E-state index is 12.5. The molecule has 1 amide bonds. The zero-order valence-electron chi connectivity index (χ0n) is 12.4. The van der Waals surface area contributed by atoms with Gasteiger partial charge >= 0.3 is 0 Å². The van der Waals surface area contributed by atoms with Crippen LogP contribution in [-0.4, -0.2) is 15.9 Å². The van der Waals surface area contributed by atoms with Gasteiger partial charge in [0.05, 0.1) is 11.3 Å². The Kier molecular flexibility index (Phi) is 4.07. The molecule has 2 aromatic heterocycles. The van der Waals surface area contributed by atoms with Crippen molar-refractivity contribution in [1.82, 2.24) is 9.97 Å². The fourth-order valence-corrected chi connectivity index (χ4v) is 3.58. The monoisotopic (exact) mass is 445 g/mol. The maximum Gasteiger partial charge on any atom is 0.259 e. The SMILES string of the molecule is O=C(Nc1nc(-c2ccc(I)cc2)cs1)c1c[nH]c2ccccc12. The highest BCUT2D eigenvalue weighted by Gasteiger charge is 2.14. The van der Waals surface area contributed by atoms with E-state index in [4.69, 9.17) is 0 Å². The minimum atomic E-state index is -0.157. The van der Waals surface area contributed by atoms with Gasteiger partial charge in [-0.3, -0.25) is 10.1 Å². The van der Waals surface area contributed by atoms with Crippen LogP contribution in [0.2, 0.25) is 0 Å². The number of carbonyl (C=O) groups excluding carboxylic acids is 1. The molecule has 2 aromatic carbocycles. The number of halogens is 1. The smallest absolute Gasteiger partial charge is 0.259 e. The fourth-order valence-electron chi connectivity index (χ4n) is 2.51. The van der Waals surface area contributed by atoms with E-state index < -0.39 is 0 Å². The molecule has 0 fully saturated rings. The summed E-state index contributed by atoms with van der Waals surface area (Å²) in [5.74, 6) is -0.157. The molecule has 4 aromatic rings. The number of rotatable bonds is 3. The van der Waals surface area contributed by atoms with Crippen molar-refractivity contribution in [3.63, 3.8) is 0 Å². The summed E-state index contributed by atoms with van der Waals surface area (Å²) in [6.07, 6.45) is 1.73. The molecule has 2 heterocycles. The largest absolute Gasteiger partial charge is 0.360 e. The number of aromatic amines is 1. The second-order valence-electron chi connectivity index (χ2n) is 5.25. The summed E-state index contributed by atoms with van der Waals surface area (Å²) < 4.78 is 1.18. The molecule has 0 aliphatic rings. The van der Waals surface area contributed by atoms with Gasteiger partial charge in [-0.25, -0.2) is 4.98 Å². The second-order valence-corrected chi connectivity index (χ2v) is 7.35. The summed E-state index contributed by atoms with van der Waals surface area (Å²) >= 11 is 3.70. The zero-order valence-corrected chi connectivity index (χ0v) is 15.4. The van der Waals surface area contributed by atoms with Gasteiger partial charge in [-0.05, 0) is 40.8 Å². The van der Waals surface area contributed by atoms with Gasteiger partial charge in [0.25, 0.3) is 5.91 Å². The molecule has 0 radical (unpaired) electrons. The van der Waals surface area contributed by atoms with Crippen LogP contribution in [0.3, 0.4) is 0 Å². The van der Waals surface area contributed by atoms with Gasteiger partial charge < -0.3 is 4.98 Å². The van der Waals surface area contributed by atoms with Crippen molar-refractivity contribution in [3.8, 4) is 11.3 Å². The Morgan fingerprint density at radius 1 is 1.12 bits per heavy atom. The number of aromatic nitrogens is 2. The first-order valence-electron chi connectivity index (χ1n) is 7.29. The maximum absolute atomic E-state index is 12.5. The summed E-state index contributed by atoms with van der Waals surface area (Å²) in [5.41, 5.74) is 3.47. The van der Waals surface area contributed by atoms with E-state index in [0.717, 1.165) is 22.2 Å². The quantitative estimate of drug-likeness (QED) is 0.429. The van der Waals surface area contributed by atoms with Crippen molar-refractivity contribution in [2.45, 2.75) is 0 Å². The van der Waals surface area contributed by atoms with Crippen LogP contribution >= 0.6 is 33.9 Å². The number of carbonyl (C=O) groups is 1. The van der Waals surface area contributed by atoms with Crippen LogP contribution in [0.1, 0.15) is 10.4 Å². The van der Waals surface area contributed by atoms with Crippen LogP contribution < -0.4 is 5.32 Å². The number of hydrogen-bond donors (Lipinski definition) is 2. The lowest BCUT2D eigenvalue weighted by molar-refractivity contribution is 0.102. The minimum Gasteiger partial charge on any atom is -0.360 e.